The second-order valence-electron chi connectivity index (χ2n) is 4.01. The first kappa shape index (κ1) is 12.2. The van der Waals surface area contributed by atoms with Crippen molar-refractivity contribution >= 4 is 14.1 Å². The van der Waals surface area contributed by atoms with Crippen LogP contribution in [-0.2, 0) is 0 Å². The summed E-state index contributed by atoms with van der Waals surface area (Å²) < 4.78 is 0. The van der Waals surface area contributed by atoms with Gasteiger partial charge in [-0.2, -0.15) is 0 Å². The Morgan fingerprint density at radius 3 is 2.27 bits per heavy atom. The van der Waals surface area contributed by atoms with E-state index in [9.17, 15) is 0 Å². The van der Waals surface area contributed by atoms with Crippen LogP contribution in [0.5, 0.6) is 0 Å². The van der Waals surface area contributed by atoms with Gasteiger partial charge in [-0.3, -0.25) is 4.98 Å². The van der Waals surface area contributed by atoms with Crippen molar-refractivity contribution in [1.82, 2.24) is 4.98 Å². The number of nitrogens with zero attached hydrogens (tertiary/aromatic N) is 1. The van der Waals surface area contributed by atoms with E-state index in [-0.39, 0.29) is 0 Å². The van der Waals surface area contributed by atoms with E-state index >= 15 is 0 Å². The number of pyridine rings is 1. The molecule has 1 aromatic heterocycles. The Morgan fingerprint density at radius 1 is 1.13 bits per heavy atom. The molecule has 1 nitrogen and oxygen atoms in total. The maximum absolute atomic E-state index is 4.32. The molecule has 0 aliphatic carbocycles. The molecule has 0 fully saturated rings. The monoisotopic (exact) mass is 219 g/mol. The fourth-order valence-corrected chi connectivity index (χ4v) is 4.57. The minimum Gasteiger partial charge on any atom is -0.257 e. The molecule has 1 rings (SSSR count). The molecule has 82 valence electrons. The van der Waals surface area contributed by atoms with Crippen molar-refractivity contribution in [3.63, 3.8) is 0 Å². The molecule has 0 radical (unpaired) electrons. The maximum Gasteiger partial charge on any atom is 0.0771 e. The number of hydrogen-bond donors (Lipinski definition) is 0. The smallest absolute Gasteiger partial charge is 0.0771 e. The third-order valence-corrected chi connectivity index (χ3v) is 8.51. The highest BCUT2D eigenvalue weighted by molar-refractivity contribution is 6.84. The minimum atomic E-state index is -1.12. The maximum atomic E-state index is 4.32. The van der Waals surface area contributed by atoms with E-state index < -0.39 is 8.07 Å². The van der Waals surface area contributed by atoms with Crippen molar-refractivity contribution < 1.29 is 0 Å². The van der Waals surface area contributed by atoms with Gasteiger partial charge in [0.15, 0.2) is 0 Å². The summed E-state index contributed by atoms with van der Waals surface area (Å²) in [6.07, 6.45) is 4.06. The molecular formula is C13H21NSi. The van der Waals surface area contributed by atoms with Crippen LogP contribution in [0.3, 0.4) is 0 Å². The van der Waals surface area contributed by atoms with Crippen LogP contribution in [0, 0.1) is 0 Å². The topological polar surface area (TPSA) is 12.9 Å². The zero-order valence-corrected chi connectivity index (χ0v) is 11.0. The van der Waals surface area contributed by atoms with Crippen LogP contribution in [0.15, 0.2) is 30.1 Å². The van der Waals surface area contributed by atoms with Crippen LogP contribution in [-0.4, -0.2) is 13.1 Å². The highest BCUT2D eigenvalue weighted by Gasteiger charge is 2.22. The molecule has 0 bridgehead atoms. The van der Waals surface area contributed by atoms with Crippen LogP contribution in [0.4, 0.5) is 0 Å². The zero-order valence-electron chi connectivity index (χ0n) is 10.0. The SMILES string of the molecule is CC[Si](/C=C/c1ccccn1)(CC)CC. The highest BCUT2D eigenvalue weighted by Crippen LogP contribution is 2.22. The van der Waals surface area contributed by atoms with Crippen LogP contribution in [0.1, 0.15) is 26.5 Å². The summed E-state index contributed by atoms with van der Waals surface area (Å²) in [5, 5.41) is 0. The van der Waals surface area contributed by atoms with Gasteiger partial charge < -0.3 is 0 Å². The fourth-order valence-electron chi connectivity index (χ4n) is 1.84. The summed E-state index contributed by atoms with van der Waals surface area (Å²) >= 11 is 0. The minimum absolute atomic E-state index is 1.09. The van der Waals surface area contributed by atoms with Crippen LogP contribution >= 0.6 is 0 Å². The average Bonchev–Trinajstić information content (AvgIpc) is 2.33. The summed E-state index contributed by atoms with van der Waals surface area (Å²) in [5.41, 5.74) is 3.56. The van der Waals surface area contributed by atoms with Crippen molar-refractivity contribution in [2.75, 3.05) is 0 Å². The summed E-state index contributed by atoms with van der Waals surface area (Å²) in [6.45, 7) is 6.96. The Bertz CT molecular complexity index is 293. The highest BCUT2D eigenvalue weighted by atomic mass is 28.3. The molecule has 0 aliphatic heterocycles. The van der Waals surface area contributed by atoms with Crippen molar-refractivity contribution in [3.8, 4) is 0 Å². The van der Waals surface area contributed by atoms with Gasteiger partial charge in [0.05, 0.1) is 13.8 Å². The van der Waals surface area contributed by atoms with E-state index in [0.717, 1.165) is 5.69 Å². The first-order valence-electron chi connectivity index (χ1n) is 5.86. The summed E-state index contributed by atoms with van der Waals surface area (Å²) in [4.78, 5) is 4.32. The molecule has 1 heterocycles. The van der Waals surface area contributed by atoms with E-state index in [0.29, 0.717) is 0 Å². The quantitative estimate of drug-likeness (QED) is 0.678. The summed E-state index contributed by atoms with van der Waals surface area (Å²) in [5.74, 6) is 0. The van der Waals surface area contributed by atoms with Gasteiger partial charge in [0, 0.05) is 6.20 Å². The lowest BCUT2D eigenvalue weighted by Gasteiger charge is -2.23. The molecule has 0 aliphatic rings. The van der Waals surface area contributed by atoms with Gasteiger partial charge in [0.25, 0.3) is 0 Å². The second kappa shape index (κ2) is 5.86. The van der Waals surface area contributed by atoms with Crippen molar-refractivity contribution in [2.24, 2.45) is 0 Å². The molecule has 15 heavy (non-hydrogen) atoms. The molecule has 2 heteroatoms. The Kier molecular flexibility index (Phi) is 4.76. The number of rotatable bonds is 5. The fraction of sp³-hybridized carbons (Fsp3) is 0.462. The Balaban J connectivity index is 2.79. The number of aromatic nitrogens is 1. The van der Waals surface area contributed by atoms with Crippen LogP contribution in [0.2, 0.25) is 18.1 Å². The van der Waals surface area contributed by atoms with Gasteiger partial charge in [-0.1, -0.05) is 50.7 Å². The normalized spacial score (nSPS) is 12.2. The lowest BCUT2D eigenvalue weighted by Crippen LogP contribution is -2.28. The molecule has 0 spiro atoms. The molecule has 0 saturated carbocycles. The van der Waals surface area contributed by atoms with Crippen molar-refractivity contribution in [1.29, 1.82) is 0 Å². The van der Waals surface area contributed by atoms with Gasteiger partial charge >= 0.3 is 0 Å². The van der Waals surface area contributed by atoms with Crippen LogP contribution < -0.4 is 0 Å². The van der Waals surface area contributed by atoms with Crippen LogP contribution in [0.25, 0.3) is 6.08 Å². The second-order valence-corrected chi connectivity index (χ2v) is 9.19. The standard InChI is InChI=1S/C13H21NSi/c1-4-15(5-2,6-3)12-10-13-9-7-8-11-14-13/h7-12H,4-6H2,1-3H3/b12-10+. The molecule has 0 amide bonds. The molecule has 0 N–H and O–H groups in total. The zero-order chi connectivity index (χ0) is 11.1. The molecule has 0 saturated heterocycles. The predicted molar refractivity (Wildman–Crippen MR) is 70.5 cm³/mol. The molecule has 0 atom stereocenters. The lowest BCUT2D eigenvalue weighted by atomic mass is 10.3. The van der Waals surface area contributed by atoms with Gasteiger partial charge in [0.1, 0.15) is 0 Å². The van der Waals surface area contributed by atoms with Gasteiger partial charge in [0.2, 0.25) is 0 Å². The predicted octanol–water partition coefficient (Wildman–Crippen LogP) is 4.14. The van der Waals surface area contributed by atoms with E-state index in [1.165, 1.54) is 18.1 Å². The van der Waals surface area contributed by atoms with Gasteiger partial charge in [-0.25, -0.2) is 0 Å². The van der Waals surface area contributed by atoms with E-state index in [1.54, 1.807) is 0 Å². The molecular weight excluding hydrogens is 198 g/mol. The first-order chi connectivity index (χ1) is 7.26. The third kappa shape index (κ3) is 3.31. The molecule has 0 unspecified atom stereocenters. The van der Waals surface area contributed by atoms with E-state index in [1.807, 2.05) is 18.3 Å². The van der Waals surface area contributed by atoms with Crippen molar-refractivity contribution in [2.45, 2.75) is 38.9 Å². The Morgan fingerprint density at radius 2 is 1.80 bits per heavy atom. The summed E-state index contributed by atoms with van der Waals surface area (Å²) in [6, 6.07) is 10.1. The molecule has 0 aromatic carbocycles. The number of hydrogen-bond acceptors (Lipinski definition) is 1. The Labute approximate surface area is 94.3 Å². The van der Waals surface area contributed by atoms with Crippen molar-refractivity contribution in [3.05, 3.63) is 35.8 Å². The van der Waals surface area contributed by atoms with E-state index in [2.05, 4.69) is 43.6 Å². The lowest BCUT2D eigenvalue weighted by molar-refractivity contribution is 1.19. The summed E-state index contributed by atoms with van der Waals surface area (Å²) in [7, 11) is -1.12. The van der Waals surface area contributed by atoms with Gasteiger partial charge in [-0.05, 0) is 18.2 Å². The Hall–Kier alpha value is -0.893. The first-order valence-corrected chi connectivity index (χ1v) is 8.56. The average molecular weight is 219 g/mol. The van der Waals surface area contributed by atoms with E-state index in [4.69, 9.17) is 0 Å². The largest absolute Gasteiger partial charge is 0.257 e. The van der Waals surface area contributed by atoms with Gasteiger partial charge in [-0.15, -0.1) is 0 Å². The molecule has 1 aromatic rings. The third-order valence-electron chi connectivity index (χ3n) is 3.41.